The molecule has 1 aliphatic rings. The predicted molar refractivity (Wildman–Crippen MR) is 101 cm³/mol. The van der Waals surface area contributed by atoms with Gasteiger partial charge < -0.3 is 11.4 Å². The molecular weight excluding hydrogens is 353 g/mol. The zero-order valence-electron chi connectivity index (χ0n) is 16.7. The van der Waals surface area contributed by atoms with E-state index in [1.807, 2.05) is 17.8 Å². The van der Waals surface area contributed by atoms with Gasteiger partial charge in [0.05, 0.1) is 16.8 Å². The van der Waals surface area contributed by atoms with Crippen molar-refractivity contribution >= 4 is 22.7 Å². The first kappa shape index (κ1) is 19.8. The van der Waals surface area contributed by atoms with E-state index in [0.29, 0.717) is 0 Å². The Labute approximate surface area is 181 Å². The summed E-state index contributed by atoms with van der Waals surface area (Å²) in [6, 6.07) is 11.7. The minimum Gasteiger partial charge on any atom is -1.00 e. The van der Waals surface area contributed by atoms with Crippen molar-refractivity contribution in [2.24, 2.45) is 7.05 Å². The van der Waals surface area contributed by atoms with Crippen LogP contribution in [0.5, 0.6) is 0 Å². The summed E-state index contributed by atoms with van der Waals surface area (Å²) < 4.78 is 1.94. The van der Waals surface area contributed by atoms with E-state index >= 15 is 0 Å². The molecule has 3 heterocycles. The third kappa shape index (κ3) is 4.16. The number of pyridine rings is 1. The molecule has 0 aliphatic carbocycles. The molecule has 1 aromatic carbocycles. The maximum Gasteiger partial charge on any atom is 1.00 e. The van der Waals surface area contributed by atoms with Crippen LogP contribution in [0.1, 0.15) is 17.5 Å². The normalized spacial score (nSPS) is 14.9. The van der Waals surface area contributed by atoms with Crippen LogP contribution in [0.25, 0.3) is 10.9 Å². The van der Waals surface area contributed by atoms with Gasteiger partial charge in [-0.15, -0.1) is 0 Å². The van der Waals surface area contributed by atoms with Crippen LogP contribution < -0.4 is 34.5 Å². The molecule has 0 bridgehead atoms. The number of carboxylic acid groups (broad SMARTS) is 1. The van der Waals surface area contributed by atoms with E-state index in [-0.39, 0.29) is 36.5 Å². The third-order valence-electron chi connectivity index (χ3n) is 4.90. The number of carbonyl (C=O) groups is 1. The molecule has 2 aromatic heterocycles. The van der Waals surface area contributed by atoms with Gasteiger partial charge in [-0.1, -0.05) is 18.2 Å². The molecular formula is C19H22N5NaO2. The monoisotopic (exact) mass is 375 g/mol. The molecule has 7 nitrogen and oxygen atoms in total. The Bertz CT molecular complexity index is 939. The van der Waals surface area contributed by atoms with Crippen LogP contribution in [0.4, 0.5) is 5.82 Å². The molecule has 0 spiro atoms. The summed E-state index contributed by atoms with van der Waals surface area (Å²) in [5, 5.41) is 14.9. The molecule has 1 fully saturated rings. The fourth-order valence-corrected chi connectivity index (χ4v) is 3.45. The summed E-state index contributed by atoms with van der Waals surface area (Å²) in [5.74, 6) is -0.116. The van der Waals surface area contributed by atoms with E-state index in [1.54, 1.807) is 12.1 Å². The Kier molecular flexibility index (Phi) is 6.16. The number of anilines is 1. The number of piperazine rings is 1. The molecule has 0 atom stereocenters. The van der Waals surface area contributed by atoms with E-state index in [1.165, 1.54) is 11.6 Å². The molecule has 8 heteroatoms. The van der Waals surface area contributed by atoms with Gasteiger partial charge in [-0.05, 0) is 18.2 Å². The van der Waals surface area contributed by atoms with Crippen LogP contribution in [0, 0.1) is 0 Å². The number of rotatable bonds is 4. The van der Waals surface area contributed by atoms with Crippen LogP contribution in [0.3, 0.4) is 0 Å². The average molecular weight is 375 g/mol. The summed E-state index contributed by atoms with van der Waals surface area (Å²) in [5.41, 5.74) is 2.48. The molecule has 0 unspecified atom stereocenters. The summed E-state index contributed by atoms with van der Waals surface area (Å²) in [7, 11) is 1.98. The van der Waals surface area contributed by atoms with Gasteiger partial charge in [-0.3, -0.25) is 9.58 Å². The quantitative estimate of drug-likeness (QED) is 0.596. The van der Waals surface area contributed by atoms with Crippen LogP contribution in [-0.2, 0) is 13.6 Å². The van der Waals surface area contributed by atoms with Crippen LogP contribution in [-0.4, -0.2) is 56.9 Å². The Morgan fingerprint density at radius 2 is 1.89 bits per heavy atom. The fraction of sp³-hybridized carbons (Fsp3) is 0.316. The number of fused-ring (bicyclic) bond motifs is 1. The van der Waals surface area contributed by atoms with E-state index in [0.717, 1.165) is 49.8 Å². The molecule has 3 aromatic rings. The van der Waals surface area contributed by atoms with Gasteiger partial charge in [-0.25, -0.2) is 9.78 Å². The standard InChI is InChI=1S/C19H21N5O2.Na.H/c1-22-17-5-3-2-4-15(17)16(21-22)13-23-8-10-24(11-9-23)18-7-6-14(12-20-18)19(25)26;;/h2-7,12H,8-11,13H2,1H3,(H,25,26);;/q;+1;-1. The Morgan fingerprint density at radius 3 is 2.56 bits per heavy atom. The molecule has 0 radical (unpaired) electrons. The number of aromatic nitrogens is 3. The number of para-hydroxylation sites is 1. The molecule has 0 amide bonds. The first-order valence-electron chi connectivity index (χ1n) is 8.69. The SMILES string of the molecule is Cn1nc(CN2CCN(c3ccc(C(=O)O)cn3)CC2)c2ccccc21.[H-].[Na+]. The first-order valence-corrected chi connectivity index (χ1v) is 8.69. The Balaban J connectivity index is 0.00000140. The van der Waals surface area contributed by atoms with Crippen molar-refractivity contribution in [2.45, 2.75) is 6.54 Å². The fourth-order valence-electron chi connectivity index (χ4n) is 3.45. The number of aryl methyl sites for hydroxylation is 1. The number of aromatic carboxylic acids is 1. The minimum atomic E-state index is -0.948. The van der Waals surface area contributed by atoms with Crippen molar-refractivity contribution in [3.05, 3.63) is 53.9 Å². The third-order valence-corrected chi connectivity index (χ3v) is 4.90. The van der Waals surface area contributed by atoms with Crippen LogP contribution in [0.15, 0.2) is 42.6 Å². The number of hydrogen-bond acceptors (Lipinski definition) is 5. The number of carboxylic acids is 1. The van der Waals surface area contributed by atoms with E-state index < -0.39 is 5.97 Å². The van der Waals surface area contributed by atoms with Gasteiger partial charge >= 0.3 is 35.5 Å². The van der Waals surface area contributed by atoms with E-state index in [2.05, 4.69) is 38.1 Å². The number of nitrogens with zero attached hydrogens (tertiary/aromatic N) is 5. The molecule has 27 heavy (non-hydrogen) atoms. The predicted octanol–water partition coefficient (Wildman–Crippen LogP) is -0.895. The maximum atomic E-state index is 10.9. The van der Waals surface area contributed by atoms with Crippen molar-refractivity contribution in [2.75, 3.05) is 31.1 Å². The summed E-state index contributed by atoms with van der Waals surface area (Å²) in [6.07, 6.45) is 1.42. The molecule has 0 saturated carbocycles. The smallest absolute Gasteiger partial charge is 1.00 e. The van der Waals surface area contributed by atoms with Crippen molar-refractivity contribution in [1.82, 2.24) is 19.7 Å². The number of hydrogen-bond donors (Lipinski definition) is 1. The zero-order chi connectivity index (χ0) is 18.1. The van der Waals surface area contributed by atoms with E-state index in [4.69, 9.17) is 5.11 Å². The van der Waals surface area contributed by atoms with Gasteiger partial charge in [0.25, 0.3) is 0 Å². The van der Waals surface area contributed by atoms with Crippen LogP contribution in [0.2, 0.25) is 0 Å². The van der Waals surface area contributed by atoms with Gasteiger partial charge in [0.2, 0.25) is 0 Å². The van der Waals surface area contributed by atoms with Gasteiger partial charge in [0, 0.05) is 51.4 Å². The summed E-state index contributed by atoms with van der Waals surface area (Å²) in [6.45, 7) is 4.41. The molecule has 1 saturated heterocycles. The molecule has 1 aliphatic heterocycles. The maximum absolute atomic E-state index is 10.9. The molecule has 4 rings (SSSR count). The minimum absolute atomic E-state index is 0. The van der Waals surface area contributed by atoms with Gasteiger partial charge in [0.1, 0.15) is 5.82 Å². The second-order valence-corrected chi connectivity index (χ2v) is 6.56. The van der Waals surface area contributed by atoms with Crippen molar-refractivity contribution in [1.29, 1.82) is 0 Å². The molecule has 1 N–H and O–H groups in total. The summed E-state index contributed by atoms with van der Waals surface area (Å²) in [4.78, 5) is 19.8. The van der Waals surface area contributed by atoms with Gasteiger partial charge in [-0.2, -0.15) is 5.10 Å². The largest absolute Gasteiger partial charge is 1.00 e. The molecule has 136 valence electrons. The number of benzene rings is 1. The first-order chi connectivity index (χ1) is 12.6. The Morgan fingerprint density at radius 1 is 1.15 bits per heavy atom. The Hall–Kier alpha value is -1.93. The summed E-state index contributed by atoms with van der Waals surface area (Å²) >= 11 is 0. The van der Waals surface area contributed by atoms with Crippen molar-refractivity contribution in [3.63, 3.8) is 0 Å². The second-order valence-electron chi connectivity index (χ2n) is 6.56. The van der Waals surface area contributed by atoms with Crippen molar-refractivity contribution in [3.8, 4) is 0 Å². The van der Waals surface area contributed by atoms with Crippen LogP contribution >= 0.6 is 0 Å². The average Bonchev–Trinajstić information content (AvgIpc) is 2.98. The van der Waals surface area contributed by atoms with Gasteiger partial charge in [0.15, 0.2) is 0 Å². The van der Waals surface area contributed by atoms with E-state index in [9.17, 15) is 4.79 Å². The second kappa shape index (κ2) is 8.39. The topological polar surface area (TPSA) is 74.5 Å². The van der Waals surface area contributed by atoms with Crippen molar-refractivity contribution < 1.29 is 40.9 Å². The zero-order valence-corrected chi connectivity index (χ0v) is 17.7.